The number of aryl methyl sites for hydroxylation is 1. The molecule has 0 bridgehead atoms. The highest BCUT2D eigenvalue weighted by molar-refractivity contribution is 7.09. The number of rotatable bonds is 5. The molecule has 0 spiro atoms. The molecule has 6 nitrogen and oxygen atoms in total. The molecule has 1 aromatic carbocycles. The first-order valence-electron chi connectivity index (χ1n) is 9.82. The zero-order valence-electron chi connectivity index (χ0n) is 16.7. The van der Waals surface area contributed by atoms with E-state index in [4.69, 9.17) is 0 Å². The molecule has 1 fully saturated rings. The van der Waals surface area contributed by atoms with E-state index in [-0.39, 0.29) is 5.91 Å². The maximum atomic E-state index is 12.4. The Morgan fingerprint density at radius 1 is 1.07 bits per heavy atom. The molecule has 1 aliphatic heterocycles. The van der Waals surface area contributed by atoms with Crippen LogP contribution in [0, 0.1) is 6.92 Å². The standard InChI is InChI=1S/C22H25N5OS/c1-16-3-6-19(7-4-16)25-21(28)18-5-8-20(24-15-18)27-12-10-26(11-13-27)17(2)22-23-9-14-29-22/h3-9,14-15,17H,10-13H2,1-2H3,(H,25,28). The normalized spacial score (nSPS) is 15.9. The van der Waals surface area contributed by atoms with Crippen molar-refractivity contribution >= 4 is 28.7 Å². The van der Waals surface area contributed by atoms with E-state index in [1.165, 1.54) is 5.01 Å². The molecule has 1 N–H and O–H groups in total. The van der Waals surface area contributed by atoms with Gasteiger partial charge in [0.2, 0.25) is 0 Å². The molecular formula is C22H25N5OS. The Bertz CT molecular complexity index is 932. The third-order valence-electron chi connectivity index (χ3n) is 5.31. The van der Waals surface area contributed by atoms with Gasteiger partial charge in [-0.2, -0.15) is 0 Å². The van der Waals surface area contributed by atoms with Gasteiger partial charge in [0, 0.05) is 49.6 Å². The van der Waals surface area contributed by atoms with Crippen LogP contribution in [0.25, 0.3) is 0 Å². The minimum absolute atomic E-state index is 0.144. The number of benzene rings is 1. The minimum atomic E-state index is -0.144. The first-order valence-corrected chi connectivity index (χ1v) is 10.7. The highest BCUT2D eigenvalue weighted by atomic mass is 32.1. The number of anilines is 2. The van der Waals surface area contributed by atoms with Crippen LogP contribution in [-0.4, -0.2) is 47.0 Å². The van der Waals surface area contributed by atoms with Crippen molar-refractivity contribution in [1.29, 1.82) is 0 Å². The smallest absolute Gasteiger partial charge is 0.257 e. The van der Waals surface area contributed by atoms with Crippen LogP contribution < -0.4 is 10.2 Å². The Morgan fingerprint density at radius 2 is 1.83 bits per heavy atom. The number of carbonyl (C=O) groups is 1. The van der Waals surface area contributed by atoms with E-state index in [1.54, 1.807) is 17.5 Å². The van der Waals surface area contributed by atoms with Crippen molar-refractivity contribution in [2.24, 2.45) is 0 Å². The highest BCUT2D eigenvalue weighted by Crippen LogP contribution is 2.24. The number of thiazole rings is 1. The van der Waals surface area contributed by atoms with Crippen molar-refractivity contribution in [2.45, 2.75) is 19.9 Å². The van der Waals surface area contributed by atoms with Crippen LogP contribution in [-0.2, 0) is 0 Å². The predicted molar refractivity (Wildman–Crippen MR) is 118 cm³/mol. The van der Waals surface area contributed by atoms with Crippen molar-refractivity contribution in [3.05, 3.63) is 70.3 Å². The summed E-state index contributed by atoms with van der Waals surface area (Å²) >= 11 is 1.71. The topological polar surface area (TPSA) is 61.4 Å². The lowest BCUT2D eigenvalue weighted by atomic mass is 10.2. The Kier molecular flexibility index (Phi) is 5.87. The molecule has 0 radical (unpaired) electrons. The zero-order chi connectivity index (χ0) is 20.2. The van der Waals surface area contributed by atoms with Gasteiger partial charge >= 0.3 is 0 Å². The van der Waals surface area contributed by atoms with Gasteiger partial charge in [0.1, 0.15) is 10.8 Å². The van der Waals surface area contributed by atoms with E-state index in [2.05, 4.69) is 32.0 Å². The molecular weight excluding hydrogens is 382 g/mol. The molecule has 7 heteroatoms. The minimum Gasteiger partial charge on any atom is -0.354 e. The van der Waals surface area contributed by atoms with Gasteiger partial charge in [-0.3, -0.25) is 9.69 Å². The van der Waals surface area contributed by atoms with Crippen LogP contribution in [0.15, 0.2) is 54.2 Å². The number of nitrogens with zero attached hydrogens (tertiary/aromatic N) is 4. The van der Waals surface area contributed by atoms with E-state index in [1.807, 2.05) is 54.9 Å². The first kappa shape index (κ1) is 19.5. The van der Waals surface area contributed by atoms with Crippen LogP contribution in [0.3, 0.4) is 0 Å². The molecule has 1 saturated heterocycles. The number of carbonyl (C=O) groups excluding carboxylic acids is 1. The summed E-state index contributed by atoms with van der Waals surface area (Å²) in [5.41, 5.74) is 2.51. The molecule has 150 valence electrons. The molecule has 2 aromatic heterocycles. The van der Waals surface area contributed by atoms with Gasteiger partial charge in [0.05, 0.1) is 11.6 Å². The van der Waals surface area contributed by atoms with E-state index in [0.717, 1.165) is 43.2 Å². The summed E-state index contributed by atoms with van der Waals surface area (Å²) in [6.07, 6.45) is 3.52. The molecule has 1 atom stereocenters. The fourth-order valence-corrected chi connectivity index (χ4v) is 4.21. The molecule has 0 saturated carbocycles. The van der Waals surface area contributed by atoms with E-state index in [9.17, 15) is 4.79 Å². The van der Waals surface area contributed by atoms with Crippen molar-refractivity contribution in [3.63, 3.8) is 0 Å². The molecule has 0 aliphatic carbocycles. The molecule has 29 heavy (non-hydrogen) atoms. The Morgan fingerprint density at radius 3 is 2.45 bits per heavy atom. The van der Waals surface area contributed by atoms with Crippen molar-refractivity contribution in [2.75, 3.05) is 36.4 Å². The Labute approximate surface area is 175 Å². The van der Waals surface area contributed by atoms with Crippen LogP contribution in [0.1, 0.15) is 33.9 Å². The lowest BCUT2D eigenvalue weighted by Gasteiger charge is -2.38. The first-order chi connectivity index (χ1) is 14.1. The number of aromatic nitrogens is 2. The molecule has 4 rings (SSSR count). The van der Waals surface area contributed by atoms with Gasteiger partial charge < -0.3 is 10.2 Å². The van der Waals surface area contributed by atoms with Crippen molar-refractivity contribution in [1.82, 2.24) is 14.9 Å². The largest absolute Gasteiger partial charge is 0.354 e. The molecule has 3 aromatic rings. The van der Waals surface area contributed by atoms with Crippen LogP contribution in [0.4, 0.5) is 11.5 Å². The van der Waals surface area contributed by atoms with Gasteiger partial charge in [0.25, 0.3) is 5.91 Å². The number of amides is 1. The Balaban J connectivity index is 1.33. The second-order valence-corrected chi connectivity index (χ2v) is 8.22. The second kappa shape index (κ2) is 8.71. The molecule has 1 amide bonds. The summed E-state index contributed by atoms with van der Waals surface area (Å²) in [6, 6.07) is 11.9. The van der Waals surface area contributed by atoms with Gasteiger partial charge in [-0.05, 0) is 38.1 Å². The van der Waals surface area contributed by atoms with Crippen molar-refractivity contribution < 1.29 is 4.79 Å². The SMILES string of the molecule is Cc1ccc(NC(=O)c2ccc(N3CCN(C(C)c4nccs4)CC3)nc2)cc1. The Hall–Kier alpha value is -2.77. The number of piperazine rings is 1. The predicted octanol–water partition coefficient (Wildman–Crippen LogP) is 3.98. The monoisotopic (exact) mass is 407 g/mol. The highest BCUT2D eigenvalue weighted by Gasteiger charge is 2.24. The molecule has 1 unspecified atom stereocenters. The van der Waals surface area contributed by atoms with Crippen LogP contribution >= 0.6 is 11.3 Å². The number of nitrogens with one attached hydrogen (secondary N) is 1. The lowest BCUT2D eigenvalue weighted by molar-refractivity contribution is 0.102. The van der Waals surface area contributed by atoms with Gasteiger partial charge in [-0.15, -0.1) is 11.3 Å². The van der Waals surface area contributed by atoms with E-state index in [0.29, 0.717) is 11.6 Å². The average molecular weight is 408 g/mol. The van der Waals surface area contributed by atoms with Crippen molar-refractivity contribution in [3.8, 4) is 0 Å². The van der Waals surface area contributed by atoms with E-state index < -0.39 is 0 Å². The zero-order valence-corrected chi connectivity index (χ0v) is 17.5. The lowest BCUT2D eigenvalue weighted by Crippen LogP contribution is -2.47. The fraction of sp³-hybridized carbons (Fsp3) is 0.318. The number of hydrogen-bond donors (Lipinski definition) is 1. The summed E-state index contributed by atoms with van der Waals surface area (Å²) < 4.78 is 0. The summed E-state index contributed by atoms with van der Waals surface area (Å²) in [4.78, 5) is 26.1. The van der Waals surface area contributed by atoms with Crippen LogP contribution in [0.2, 0.25) is 0 Å². The van der Waals surface area contributed by atoms with Crippen LogP contribution in [0.5, 0.6) is 0 Å². The summed E-state index contributed by atoms with van der Waals surface area (Å²) in [6.45, 7) is 8.01. The average Bonchev–Trinajstić information content (AvgIpc) is 3.30. The third kappa shape index (κ3) is 4.63. The van der Waals surface area contributed by atoms with E-state index >= 15 is 0 Å². The molecule has 3 heterocycles. The van der Waals surface area contributed by atoms with Gasteiger partial charge in [-0.1, -0.05) is 17.7 Å². The maximum Gasteiger partial charge on any atom is 0.257 e. The summed E-state index contributed by atoms with van der Waals surface area (Å²) in [5.74, 6) is 0.772. The quantitative estimate of drug-likeness (QED) is 0.693. The summed E-state index contributed by atoms with van der Waals surface area (Å²) in [5, 5.41) is 6.11. The molecule has 1 aliphatic rings. The number of hydrogen-bond acceptors (Lipinski definition) is 6. The fourth-order valence-electron chi connectivity index (χ4n) is 3.48. The second-order valence-electron chi connectivity index (χ2n) is 7.29. The number of pyridine rings is 1. The van der Waals surface area contributed by atoms with Gasteiger partial charge in [0.15, 0.2) is 0 Å². The van der Waals surface area contributed by atoms with Gasteiger partial charge in [-0.25, -0.2) is 9.97 Å². The maximum absolute atomic E-state index is 12.4. The summed E-state index contributed by atoms with van der Waals surface area (Å²) in [7, 11) is 0. The third-order valence-corrected chi connectivity index (χ3v) is 6.26.